The van der Waals surface area contributed by atoms with Gasteiger partial charge in [0.25, 0.3) is 5.91 Å². The maximum absolute atomic E-state index is 12.1. The summed E-state index contributed by atoms with van der Waals surface area (Å²) < 4.78 is 0. The zero-order valence-corrected chi connectivity index (χ0v) is 16.8. The summed E-state index contributed by atoms with van der Waals surface area (Å²) in [6, 6.07) is 16.0. The summed E-state index contributed by atoms with van der Waals surface area (Å²) in [5.74, 6) is 0.637. The average Bonchev–Trinajstić information content (AvgIpc) is 3.58. The van der Waals surface area contributed by atoms with Crippen molar-refractivity contribution in [1.29, 1.82) is 5.26 Å². The summed E-state index contributed by atoms with van der Waals surface area (Å²) in [6.07, 6.45) is 2.45. The Hall–Kier alpha value is -3.46. The van der Waals surface area contributed by atoms with Gasteiger partial charge in [-0.1, -0.05) is 18.2 Å². The van der Waals surface area contributed by atoms with Crippen LogP contribution in [0.4, 0.5) is 5.69 Å². The van der Waals surface area contributed by atoms with Crippen LogP contribution in [0.3, 0.4) is 0 Å². The summed E-state index contributed by atoms with van der Waals surface area (Å²) in [4.78, 5) is 13.6. The Bertz CT molecular complexity index is 1110. The highest BCUT2D eigenvalue weighted by Gasteiger charge is 2.29. The molecule has 146 valence electrons. The van der Waals surface area contributed by atoms with E-state index in [1.165, 1.54) is 12.8 Å². The quantitative estimate of drug-likeness (QED) is 0.716. The van der Waals surface area contributed by atoms with Crippen molar-refractivity contribution in [1.82, 2.24) is 15.1 Å². The highest BCUT2D eigenvalue weighted by molar-refractivity contribution is 5.96. The van der Waals surface area contributed by atoms with E-state index in [2.05, 4.69) is 28.5 Å². The van der Waals surface area contributed by atoms with Crippen molar-refractivity contribution in [3.63, 3.8) is 0 Å². The number of amides is 1. The average molecular weight is 385 g/mol. The van der Waals surface area contributed by atoms with E-state index in [4.69, 9.17) is 0 Å². The molecule has 29 heavy (non-hydrogen) atoms. The fourth-order valence-corrected chi connectivity index (χ4v) is 3.52. The molecule has 0 radical (unpaired) electrons. The van der Waals surface area contributed by atoms with Crippen molar-refractivity contribution < 1.29 is 4.79 Å². The Morgan fingerprint density at radius 2 is 1.83 bits per heavy atom. The van der Waals surface area contributed by atoms with Crippen LogP contribution in [0, 0.1) is 17.2 Å². The number of hydrogen-bond acceptors (Lipinski definition) is 5. The molecule has 3 aromatic rings. The lowest BCUT2D eigenvalue weighted by molar-refractivity contribution is 0.0827. The second kappa shape index (κ2) is 7.51. The van der Waals surface area contributed by atoms with Gasteiger partial charge in [-0.25, -0.2) is 0 Å². The van der Waals surface area contributed by atoms with Gasteiger partial charge in [0.15, 0.2) is 5.69 Å². The molecule has 1 amide bonds. The number of aromatic nitrogens is 2. The van der Waals surface area contributed by atoms with Crippen LogP contribution in [-0.2, 0) is 0 Å². The van der Waals surface area contributed by atoms with Crippen LogP contribution < -0.4 is 5.32 Å². The molecule has 1 N–H and O–H groups in total. The minimum atomic E-state index is -0.0227. The van der Waals surface area contributed by atoms with E-state index in [1.807, 2.05) is 42.5 Å². The molecule has 4 rings (SSSR count). The SMILES string of the molecule is C[C@@H](Nc1c(C#N)nnc2cc(-c3ccc(C(=O)N(C)C)cc3)ccc12)C1CC1. The summed E-state index contributed by atoms with van der Waals surface area (Å²) in [6.45, 7) is 2.15. The third-order valence-electron chi connectivity index (χ3n) is 5.44. The molecule has 1 aromatic heterocycles. The lowest BCUT2D eigenvalue weighted by atomic mass is 10.0. The molecule has 1 atom stereocenters. The zero-order chi connectivity index (χ0) is 20.5. The van der Waals surface area contributed by atoms with Gasteiger partial charge >= 0.3 is 0 Å². The monoisotopic (exact) mass is 385 g/mol. The minimum Gasteiger partial charge on any atom is -0.379 e. The van der Waals surface area contributed by atoms with E-state index >= 15 is 0 Å². The normalized spacial score (nSPS) is 14.3. The molecule has 0 unspecified atom stereocenters. The number of nitrogens with one attached hydrogen (secondary N) is 1. The first-order chi connectivity index (χ1) is 14.0. The van der Waals surface area contributed by atoms with E-state index in [-0.39, 0.29) is 5.91 Å². The first-order valence-electron chi connectivity index (χ1n) is 9.77. The number of anilines is 1. The number of benzene rings is 2. The molecular weight excluding hydrogens is 362 g/mol. The van der Waals surface area contributed by atoms with Crippen molar-refractivity contribution in [2.75, 3.05) is 19.4 Å². The van der Waals surface area contributed by atoms with Gasteiger partial charge in [-0.05, 0) is 61.1 Å². The second-order valence-electron chi connectivity index (χ2n) is 7.81. The highest BCUT2D eigenvalue weighted by Crippen LogP contribution is 2.36. The van der Waals surface area contributed by atoms with Crippen LogP contribution in [-0.4, -0.2) is 41.1 Å². The van der Waals surface area contributed by atoms with E-state index in [0.29, 0.717) is 23.2 Å². The van der Waals surface area contributed by atoms with Gasteiger partial charge in [0.1, 0.15) is 6.07 Å². The maximum atomic E-state index is 12.1. The first kappa shape index (κ1) is 18.9. The van der Waals surface area contributed by atoms with Gasteiger partial charge in [0.05, 0.1) is 11.2 Å². The Labute approximate surface area is 170 Å². The second-order valence-corrected chi connectivity index (χ2v) is 7.81. The number of hydrogen-bond donors (Lipinski definition) is 1. The zero-order valence-electron chi connectivity index (χ0n) is 16.8. The van der Waals surface area contributed by atoms with Crippen molar-refractivity contribution in [2.24, 2.45) is 5.92 Å². The number of fused-ring (bicyclic) bond motifs is 1. The molecule has 1 heterocycles. The summed E-state index contributed by atoms with van der Waals surface area (Å²) in [5, 5.41) is 22.2. The molecule has 0 spiro atoms. The van der Waals surface area contributed by atoms with Gasteiger partial charge in [0.2, 0.25) is 0 Å². The Morgan fingerprint density at radius 1 is 1.14 bits per heavy atom. The molecule has 0 saturated heterocycles. The van der Waals surface area contributed by atoms with Crippen LogP contribution in [0.25, 0.3) is 22.0 Å². The first-order valence-corrected chi connectivity index (χ1v) is 9.77. The van der Waals surface area contributed by atoms with E-state index < -0.39 is 0 Å². The number of nitriles is 1. The van der Waals surface area contributed by atoms with Crippen molar-refractivity contribution in [3.8, 4) is 17.2 Å². The van der Waals surface area contributed by atoms with Gasteiger partial charge in [0, 0.05) is 31.1 Å². The number of nitrogens with zero attached hydrogens (tertiary/aromatic N) is 4. The maximum Gasteiger partial charge on any atom is 0.253 e. The predicted molar refractivity (Wildman–Crippen MR) is 114 cm³/mol. The van der Waals surface area contributed by atoms with Gasteiger partial charge in [-0.2, -0.15) is 5.26 Å². The molecule has 2 aromatic carbocycles. The van der Waals surface area contributed by atoms with Crippen LogP contribution in [0.5, 0.6) is 0 Å². The molecule has 1 aliphatic carbocycles. The molecule has 6 heteroatoms. The Kier molecular flexibility index (Phi) is 4.89. The summed E-state index contributed by atoms with van der Waals surface area (Å²) in [5.41, 5.74) is 4.45. The fourth-order valence-electron chi connectivity index (χ4n) is 3.52. The van der Waals surface area contributed by atoms with Crippen LogP contribution in [0.15, 0.2) is 42.5 Å². The molecule has 1 aliphatic rings. The van der Waals surface area contributed by atoms with Crippen molar-refractivity contribution >= 4 is 22.5 Å². The third kappa shape index (κ3) is 3.77. The summed E-state index contributed by atoms with van der Waals surface area (Å²) in [7, 11) is 3.48. The molecule has 6 nitrogen and oxygen atoms in total. The van der Waals surface area contributed by atoms with Crippen molar-refractivity contribution in [3.05, 3.63) is 53.7 Å². The highest BCUT2D eigenvalue weighted by atomic mass is 16.2. The third-order valence-corrected chi connectivity index (χ3v) is 5.44. The smallest absolute Gasteiger partial charge is 0.253 e. The van der Waals surface area contributed by atoms with Gasteiger partial charge in [-0.3, -0.25) is 4.79 Å². The number of carbonyl (C=O) groups excluding carboxylic acids is 1. The lowest BCUT2D eigenvalue weighted by Gasteiger charge is -2.17. The Balaban J connectivity index is 1.69. The van der Waals surface area contributed by atoms with Crippen LogP contribution >= 0.6 is 0 Å². The van der Waals surface area contributed by atoms with E-state index in [1.54, 1.807) is 19.0 Å². The van der Waals surface area contributed by atoms with Crippen LogP contribution in [0.2, 0.25) is 0 Å². The standard InChI is InChI=1S/C23H23N5O/c1-14(15-4-5-15)25-22-19-11-10-18(12-20(19)26-27-21(22)13-24)16-6-8-17(9-7-16)23(29)28(2)3/h6-12,14-15H,4-5H2,1-3H3,(H,25,26)/t14-/m1/s1. The molecule has 0 aliphatic heterocycles. The topological polar surface area (TPSA) is 81.9 Å². The number of rotatable bonds is 5. The molecule has 1 fully saturated rings. The molecular formula is C23H23N5O. The van der Waals surface area contributed by atoms with Gasteiger partial charge in [-0.15, -0.1) is 10.2 Å². The number of carbonyl (C=O) groups is 1. The van der Waals surface area contributed by atoms with Crippen LogP contribution in [0.1, 0.15) is 35.8 Å². The fraction of sp³-hybridized carbons (Fsp3) is 0.304. The Morgan fingerprint density at radius 3 is 2.45 bits per heavy atom. The summed E-state index contributed by atoms with van der Waals surface area (Å²) >= 11 is 0. The largest absolute Gasteiger partial charge is 0.379 e. The molecule has 1 saturated carbocycles. The molecule has 0 bridgehead atoms. The lowest BCUT2D eigenvalue weighted by Crippen LogP contribution is -2.21. The predicted octanol–water partition coefficient (Wildman–Crippen LogP) is 4.08. The minimum absolute atomic E-state index is 0.0227. The van der Waals surface area contributed by atoms with E-state index in [0.717, 1.165) is 27.7 Å². The van der Waals surface area contributed by atoms with Gasteiger partial charge < -0.3 is 10.2 Å². The van der Waals surface area contributed by atoms with E-state index in [9.17, 15) is 10.1 Å². The van der Waals surface area contributed by atoms with Crippen molar-refractivity contribution in [2.45, 2.75) is 25.8 Å².